The van der Waals surface area contributed by atoms with Gasteiger partial charge in [0, 0.05) is 13.0 Å². The highest BCUT2D eigenvalue weighted by Gasteiger charge is 2.45. The molecule has 1 aliphatic carbocycles. The van der Waals surface area contributed by atoms with Gasteiger partial charge < -0.3 is 15.2 Å². The molecule has 2 aromatic rings. The van der Waals surface area contributed by atoms with Crippen LogP contribution in [-0.4, -0.2) is 51.3 Å². The summed E-state index contributed by atoms with van der Waals surface area (Å²) in [6, 6.07) is 0.756. The Kier molecular flexibility index (Phi) is 8.84. The molecule has 2 aliphatic rings. The van der Waals surface area contributed by atoms with Crippen LogP contribution in [0.25, 0.3) is 0 Å². The van der Waals surface area contributed by atoms with Gasteiger partial charge in [0.25, 0.3) is 5.91 Å². The monoisotopic (exact) mass is 601 g/mol. The minimum atomic E-state index is -4.95. The Morgan fingerprint density at radius 3 is 2.44 bits per heavy atom. The van der Waals surface area contributed by atoms with E-state index in [1.807, 2.05) is 6.92 Å². The largest absolute Gasteiger partial charge is 0.481 e. The van der Waals surface area contributed by atoms with E-state index in [0.29, 0.717) is 18.6 Å². The van der Waals surface area contributed by atoms with E-state index in [9.17, 15) is 37.1 Å². The zero-order valence-corrected chi connectivity index (χ0v) is 23.6. The lowest BCUT2D eigenvalue weighted by molar-refractivity contribution is -0.152. The number of nitrogens with zero attached hydrogens (tertiary/aromatic N) is 2. The molecule has 1 aromatic heterocycles. The van der Waals surface area contributed by atoms with E-state index in [0.717, 1.165) is 16.9 Å². The number of halogens is 5. The number of ether oxygens (including phenoxy) is 1. The van der Waals surface area contributed by atoms with E-state index in [2.05, 4.69) is 10.4 Å². The van der Waals surface area contributed by atoms with Crippen molar-refractivity contribution in [3.8, 4) is 0 Å². The third kappa shape index (κ3) is 6.43. The zero-order chi connectivity index (χ0) is 30.3. The maximum absolute atomic E-state index is 14.7. The molecule has 4 rings (SSSR count). The minimum Gasteiger partial charge on any atom is -0.481 e. The second-order valence-corrected chi connectivity index (χ2v) is 11.8. The SMILES string of the molecule is Cc1cc(F)c(C(=O)CC(NC(=O)c2cnn(C3CCC(C)(C(=O)O)CC3)c2C(F)(F)F)[C@H]2OCC[C@@H]2C)c(Cl)c1. The summed E-state index contributed by atoms with van der Waals surface area (Å²) < 4.78 is 64.1. The number of carboxylic acid groups (broad SMARTS) is 1. The number of carbonyl (C=O) groups excluding carboxylic acids is 2. The Balaban J connectivity index is 1.61. The van der Waals surface area contributed by atoms with Crippen LogP contribution in [0, 0.1) is 24.1 Å². The Hall–Kier alpha value is -2.99. The molecule has 2 N–H and O–H groups in total. The van der Waals surface area contributed by atoms with Gasteiger partial charge in [0.2, 0.25) is 0 Å². The predicted molar refractivity (Wildman–Crippen MR) is 140 cm³/mol. The van der Waals surface area contributed by atoms with Gasteiger partial charge in [0.05, 0.1) is 45.9 Å². The van der Waals surface area contributed by atoms with Crippen LogP contribution in [0.4, 0.5) is 17.6 Å². The van der Waals surface area contributed by atoms with Gasteiger partial charge in [0.1, 0.15) is 5.82 Å². The van der Waals surface area contributed by atoms with Crippen molar-refractivity contribution < 1.29 is 41.8 Å². The zero-order valence-electron chi connectivity index (χ0n) is 22.9. The summed E-state index contributed by atoms with van der Waals surface area (Å²) in [6.45, 7) is 5.32. The lowest BCUT2D eigenvalue weighted by Crippen LogP contribution is -2.47. The van der Waals surface area contributed by atoms with E-state index in [1.165, 1.54) is 6.07 Å². The molecule has 41 heavy (non-hydrogen) atoms. The molecule has 224 valence electrons. The number of ketones is 1. The van der Waals surface area contributed by atoms with Crippen LogP contribution in [0.2, 0.25) is 5.02 Å². The van der Waals surface area contributed by atoms with Crippen molar-refractivity contribution in [1.29, 1.82) is 0 Å². The number of amides is 1. The highest BCUT2D eigenvalue weighted by molar-refractivity contribution is 6.34. The first kappa shape index (κ1) is 31.0. The topological polar surface area (TPSA) is 111 Å². The number of aryl methyl sites for hydroxylation is 1. The van der Waals surface area contributed by atoms with Crippen LogP contribution in [0.1, 0.15) is 90.4 Å². The number of alkyl halides is 3. The molecule has 0 radical (unpaired) electrons. The maximum Gasteiger partial charge on any atom is 0.433 e. The van der Waals surface area contributed by atoms with E-state index in [4.69, 9.17) is 16.3 Å². The molecule has 1 saturated carbocycles. The predicted octanol–water partition coefficient (Wildman–Crippen LogP) is 6.01. The standard InChI is InChI=1S/C28H32ClF4N3O5/c1-14-10-18(29)22(19(30)11-14)21(37)12-20(23-15(2)6-9-41-23)35-25(38)17-13-34-36(24(17)28(31,32)33)16-4-7-27(3,8-5-16)26(39)40/h10-11,13,15-16,20,23H,4-9,12H2,1-3H3,(H,35,38)(H,39,40)/t15-,16?,20?,23-,27?/m0/s1. The average Bonchev–Trinajstić information content (AvgIpc) is 3.50. The fourth-order valence-corrected chi connectivity index (χ4v) is 6.15. The molecule has 1 aliphatic heterocycles. The lowest BCUT2D eigenvalue weighted by atomic mass is 9.74. The molecule has 3 atom stereocenters. The average molecular weight is 602 g/mol. The van der Waals surface area contributed by atoms with Crippen molar-refractivity contribution in [3.05, 3.63) is 51.6 Å². The van der Waals surface area contributed by atoms with Gasteiger partial charge in [-0.3, -0.25) is 19.1 Å². The van der Waals surface area contributed by atoms with E-state index in [1.54, 1.807) is 13.8 Å². The number of Topliss-reactive ketones (excluding diaryl/α,β-unsaturated/α-hetero) is 1. The number of rotatable bonds is 8. The highest BCUT2D eigenvalue weighted by Crippen LogP contribution is 2.43. The normalized spacial score (nSPS) is 25.6. The number of hydrogen-bond acceptors (Lipinski definition) is 5. The lowest BCUT2D eigenvalue weighted by Gasteiger charge is -2.34. The molecule has 0 spiro atoms. The van der Waals surface area contributed by atoms with Crippen LogP contribution in [0.15, 0.2) is 18.3 Å². The molecule has 0 bridgehead atoms. The Morgan fingerprint density at radius 2 is 1.90 bits per heavy atom. The van der Waals surface area contributed by atoms with Gasteiger partial charge in [-0.2, -0.15) is 18.3 Å². The van der Waals surface area contributed by atoms with Crippen molar-refractivity contribution >= 4 is 29.3 Å². The van der Waals surface area contributed by atoms with Crippen molar-refractivity contribution in [2.45, 2.75) is 83.7 Å². The van der Waals surface area contributed by atoms with Gasteiger partial charge in [-0.1, -0.05) is 18.5 Å². The van der Waals surface area contributed by atoms with Crippen molar-refractivity contribution in [2.75, 3.05) is 6.61 Å². The molecule has 1 aromatic carbocycles. The van der Waals surface area contributed by atoms with Gasteiger partial charge in [-0.15, -0.1) is 0 Å². The third-order valence-electron chi connectivity index (χ3n) is 8.26. The molecule has 2 heterocycles. The molecular weight excluding hydrogens is 570 g/mol. The molecule has 2 fully saturated rings. The van der Waals surface area contributed by atoms with Crippen LogP contribution in [0.3, 0.4) is 0 Å². The van der Waals surface area contributed by atoms with Gasteiger partial charge in [-0.05, 0) is 69.6 Å². The summed E-state index contributed by atoms with van der Waals surface area (Å²) in [7, 11) is 0. The second-order valence-electron chi connectivity index (χ2n) is 11.4. The van der Waals surface area contributed by atoms with Crippen molar-refractivity contribution in [3.63, 3.8) is 0 Å². The summed E-state index contributed by atoms with van der Waals surface area (Å²) in [4.78, 5) is 38.1. The Morgan fingerprint density at radius 1 is 1.24 bits per heavy atom. The number of benzene rings is 1. The van der Waals surface area contributed by atoms with Crippen LogP contribution in [0.5, 0.6) is 0 Å². The highest BCUT2D eigenvalue weighted by atomic mass is 35.5. The summed E-state index contributed by atoms with van der Waals surface area (Å²) >= 11 is 6.14. The van der Waals surface area contributed by atoms with Gasteiger partial charge in [0.15, 0.2) is 11.5 Å². The quantitative estimate of drug-likeness (QED) is 0.283. The Bertz CT molecular complexity index is 1310. The number of hydrogen-bond donors (Lipinski definition) is 2. The van der Waals surface area contributed by atoms with Crippen LogP contribution in [-0.2, 0) is 15.7 Å². The van der Waals surface area contributed by atoms with Crippen LogP contribution < -0.4 is 5.32 Å². The minimum absolute atomic E-state index is 0.106. The van der Waals surface area contributed by atoms with Crippen molar-refractivity contribution in [1.82, 2.24) is 15.1 Å². The van der Waals surface area contributed by atoms with E-state index < -0.39 is 70.9 Å². The second kappa shape index (κ2) is 11.7. The van der Waals surface area contributed by atoms with Crippen LogP contribution >= 0.6 is 11.6 Å². The van der Waals surface area contributed by atoms with Gasteiger partial charge >= 0.3 is 12.1 Å². The molecular formula is C28H32ClF4N3O5. The number of aliphatic carboxylic acids is 1. The van der Waals surface area contributed by atoms with E-state index >= 15 is 0 Å². The molecule has 1 unspecified atom stereocenters. The first-order chi connectivity index (χ1) is 19.1. The number of carboxylic acids is 1. The molecule has 1 saturated heterocycles. The number of aromatic nitrogens is 2. The summed E-state index contributed by atoms with van der Waals surface area (Å²) in [5.41, 5.74) is -2.89. The third-order valence-corrected chi connectivity index (χ3v) is 8.56. The number of carbonyl (C=O) groups is 3. The Labute approximate surface area is 239 Å². The molecule has 1 amide bonds. The van der Waals surface area contributed by atoms with E-state index in [-0.39, 0.29) is 42.2 Å². The summed E-state index contributed by atoms with van der Waals surface area (Å²) in [6.07, 6.45) is -4.07. The fourth-order valence-electron chi connectivity index (χ4n) is 5.78. The fraction of sp³-hybridized carbons (Fsp3) is 0.571. The number of nitrogens with one attached hydrogen (secondary N) is 1. The first-order valence-corrected chi connectivity index (χ1v) is 13.8. The first-order valence-electron chi connectivity index (χ1n) is 13.4. The maximum atomic E-state index is 14.7. The molecule has 8 nitrogen and oxygen atoms in total. The smallest absolute Gasteiger partial charge is 0.433 e. The summed E-state index contributed by atoms with van der Waals surface area (Å²) in [5, 5.41) is 15.8. The van der Waals surface area contributed by atoms with Crippen molar-refractivity contribution in [2.24, 2.45) is 11.3 Å². The summed E-state index contributed by atoms with van der Waals surface area (Å²) in [5.74, 6) is -3.82. The molecule has 13 heteroatoms. The van der Waals surface area contributed by atoms with Gasteiger partial charge in [-0.25, -0.2) is 4.39 Å².